The van der Waals surface area contributed by atoms with Gasteiger partial charge in [0.25, 0.3) is 11.5 Å². The number of halogens is 4. The summed E-state index contributed by atoms with van der Waals surface area (Å²) < 4.78 is 55.1. The van der Waals surface area contributed by atoms with E-state index in [9.17, 15) is 27.2 Å². The molecule has 5 rings (SSSR count). The van der Waals surface area contributed by atoms with E-state index >= 15 is 0 Å². The number of nitrogens with one attached hydrogen (secondary N) is 1. The molecule has 0 bridgehead atoms. The fourth-order valence-electron chi connectivity index (χ4n) is 4.09. The fraction of sp³-hybridized carbons (Fsp3) is 0.115. The van der Waals surface area contributed by atoms with Gasteiger partial charge in [0, 0.05) is 33.6 Å². The smallest absolute Gasteiger partial charge is 0.344 e. The van der Waals surface area contributed by atoms with Gasteiger partial charge in [0.05, 0.1) is 28.2 Å². The Kier molecular flexibility index (Phi) is 5.83. The number of aromatic nitrogens is 2. The molecule has 0 unspecified atom stereocenters. The summed E-state index contributed by atoms with van der Waals surface area (Å²) in [6.07, 6.45) is -2.91. The van der Waals surface area contributed by atoms with Crippen LogP contribution >= 0.6 is 11.3 Å². The van der Waals surface area contributed by atoms with Crippen molar-refractivity contribution in [1.82, 2.24) is 14.9 Å². The highest BCUT2D eigenvalue weighted by molar-refractivity contribution is 7.09. The number of rotatable bonds is 4. The molecular weight excluding hydrogens is 494 g/mol. The summed E-state index contributed by atoms with van der Waals surface area (Å²) in [7, 11) is 0. The number of benzene rings is 2. The first kappa shape index (κ1) is 23.7. The minimum Gasteiger partial charge on any atom is -0.344 e. The van der Waals surface area contributed by atoms with E-state index in [0.717, 1.165) is 23.5 Å². The van der Waals surface area contributed by atoms with Gasteiger partial charge in [-0.15, -0.1) is 11.3 Å². The molecule has 0 aliphatic heterocycles. The number of thiophene rings is 1. The largest absolute Gasteiger partial charge is 0.416 e. The zero-order valence-electron chi connectivity index (χ0n) is 18.6. The summed E-state index contributed by atoms with van der Waals surface area (Å²) in [5.41, 5.74) is -0.0826. The van der Waals surface area contributed by atoms with Crippen molar-refractivity contribution in [2.75, 3.05) is 0 Å². The number of hydrogen-bond donors (Lipinski definition) is 1. The van der Waals surface area contributed by atoms with Gasteiger partial charge in [-0.1, -0.05) is 6.07 Å². The van der Waals surface area contributed by atoms with Gasteiger partial charge >= 0.3 is 6.18 Å². The maximum Gasteiger partial charge on any atom is 0.416 e. The molecule has 36 heavy (non-hydrogen) atoms. The van der Waals surface area contributed by atoms with E-state index in [2.05, 4.69) is 10.3 Å². The summed E-state index contributed by atoms with van der Waals surface area (Å²) in [5, 5.41) is 4.05. The van der Waals surface area contributed by atoms with Crippen LogP contribution in [0.4, 0.5) is 17.6 Å². The van der Waals surface area contributed by atoms with Gasteiger partial charge < -0.3 is 5.32 Å². The molecule has 0 fully saturated rings. The van der Waals surface area contributed by atoms with Gasteiger partial charge in [-0.3, -0.25) is 19.1 Å². The Balaban J connectivity index is 1.64. The predicted molar refractivity (Wildman–Crippen MR) is 130 cm³/mol. The highest BCUT2D eigenvalue weighted by Gasteiger charge is 2.30. The Bertz CT molecular complexity index is 1660. The van der Waals surface area contributed by atoms with Crippen LogP contribution < -0.4 is 10.9 Å². The van der Waals surface area contributed by atoms with Crippen molar-refractivity contribution in [2.24, 2.45) is 0 Å². The summed E-state index contributed by atoms with van der Waals surface area (Å²) in [5.74, 6) is -0.425. The van der Waals surface area contributed by atoms with Gasteiger partial charge in [-0.2, -0.15) is 17.6 Å². The van der Waals surface area contributed by atoms with E-state index in [1.807, 2.05) is 0 Å². The van der Waals surface area contributed by atoms with Crippen LogP contribution in [-0.2, 0) is 6.18 Å². The van der Waals surface area contributed by atoms with E-state index in [1.165, 1.54) is 40.3 Å². The highest BCUT2D eigenvalue weighted by Crippen LogP contribution is 2.33. The first-order valence-corrected chi connectivity index (χ1v) is 11.7. The molecule has 10 heteroatoms. The van der Waals surface area contributed by atoms with Gasteiger partial charge in [0.2, 0.25) is 0 Å². The average Bonchev–Trinajstić information content (AvgIpc) is 3.26. The molecule has 0 radical (unpaired) electrons. The van der Waals surface area contributed by atoms with E-state index in [4.69, 9.17) is 0 Å². The third kappa shape index (κ3) is 4.13. The molecular formula is C26H17F4N3O2S. The van der Waals surface area contributed by atoms with Crippen molar-refractivity contribution in [1.29, 1.82) is 0 Å². The molecule has 0 saturated carbocycles. The molecule has 1 amide bonds. The van der Waals surface area contributed by atoms with Crippen molar-refractivity contribution in [3.05, 3.63) is 105 Å². The lowest BCUT2D eigenvalue weighted by Crippen LogP contribution is -2.27. The molecule has 3 heterocycles. The number of alkyl halides is 3. The zero-order chi connectivity index (χ0) is 25.6. The SMILES string of the molecule is C[C@H](NC(=O)c1ccc2c(c1)c1c(F)scc1c(=O)n2-c1ccc(C(F)(F)F)cc1)c1ccccn1. The number of hydrogen-bond acceptors (Lipinski definition) is 4. The standard InChI is InChI=1S/C26H17F4N3O2S/c1-14(20-4-2-3-11-31-20)32-24(34)15-5-10-21-18(12-15)22-19(13-36-23(22)27)25(35)33(21)17-8-6-16(7-9-17)26(28,29)30/h2-14H,1H3,(H,32,34)/t14-/m0/s1. The molecule has 0 aliphatic rings. The molecule has 5 nitrogen and oxygen atoms in total. The van der Waals surface area contributed by atoms with Crippen LogP contribution in [0.5, 0.6) is 0 Å². The van der Waals surface area contributed by atoms with E-state index < -0.39 is 34.4 Å². The average molecular weight is 512 g/mol. The molecule has 1 atom stereocenters. The van der Waals surface area contributed by atoms with Crippen molar-refractivity contribution in [3.8, 4) is 5.69 Å². The van der Waals surface area contributed by atoms with Crippen molar-refractivity contribution in [2.45, 2.75) is 19.1 Å². The lowest BCUT2D eigenvalue weighted by atomic mass is 10.0. The Labute approximate surface area is 205 Å². The quantitative estimate of drug-likeness (QED) is 0.290. The summed E-state index contributed by atoms with van der Waals surface area (Å²) in [4.78, 5) is 30.5. The summed E-state index contributed by atoms with van der Waals surface area (Å²) >= 11 is 0.741. The minimum absolute atomic E-state index is 0.0654. The minimum atomic E-state index is -4.53. The molecule has 1 N–H and O–H groups in total. The lowest BCUT2D eigenvalue weighted by Gasteiger charge is -2.16. The number of pyridine rings is 2. The highest BCUT2D eigenvalue weighted by atomic mass is 32.1. The van der Waals surface area contributed by atoms with Gasteiger partial charge in [-0.25, -0.2) is 0 Å². The number of carbonyl (C=O) groups is 1. The van der Waals surface area contributed by atoms with Crippen molar-refractivity contribution >= 4 is 38.9 Å². The second kappa shape index (κ2) is 8.87. The number of fused-ring (bicyclic) bond motifs is 3. The molecule has 2 aromatic carbocycles. The number of nitrogens with zero attached hydrogens (tertiary/aromatic N) is 2. The van der Waals surface area contributed by atoms with Crippen LogP contribution in [0.15, 0.2) is 77.0 Å². The van der Waals surface area contributed by atoms with Gasteiger partial charge in [-0.05, 0) is 61.5 Å². The normalized spacial score (nSPS) is 12.7. The third-order valence-electron chi connectivity index (χ3n) is 5.88. The molecule has 5 aromatic rings. The van der Waals surface area contributed by atoms with Crippen LogP contribution in [-0.4, -0.2) is 15.5 Å². The Morgan fingerprint density at radius 3 is 2.47 bits per heavy atom. The Hall–Kier alpha value is -4.05. The van der Waals surface area contributed by atoms with Crippen LogP contribution in [0.2, 0.25) is 0 Å². The van der Waals surface area contributed by atoms with E-state index in [-0.39, 0.29) is 27.5 Å². The van der Waals surface area contributed by atoms with Crippen LogP contribution in [0, 0.1) is 5.13 Å². The first-order valence-electron chi connectivity index (χ1n) is 10.8. The van der Waals surface area contributed by atoms with Crippen LogP contribution in [0.25, 0.3) is 27.4 Å². The third-order valence-corrected chi connectivity index (χ3v) is 6.65. The second-order valence-corrected chi connectivity index (χ2v) is 8.99. The van der Waals surface area contributed by atoms with Crippen molar-refractivity contribution < 1.29 is 22.4 Å². The summed E-state index contributed by atoms with van der Waals surface area (Å²) in [6.45, 7) is 1.78. The number of amides is 1. The molecule has 3 aromatic heterocycles. The monoisotopic (exact) mass is 511 g/mol. The Morgan fingerprint density at radius 2 is 1.81 bits per heavy atom. The molecule has 182 valence electrons. The molecule has 0 spiro atoms. The van der Waals surface area contributed by atoms with Crippen LogP contribution in [0.3, 0.4) is 0 Å². The van der Waals surface area contributed by atoms with Gasteiger partial charge in [0.15, 0.2) is 5.13 Å². The van der Waals surface area contributed by atoms with E-state index in [0.29, 0.717) is 11.1 Å². The lowest BCUT2D eigenvalue weighted by molar-refractivity contribution is -0.137. The van der Waals surface area contributed by atoms with Crippen molar-refractivity contribution in [3.63, 3.8) is 0 Å². The Morgan fingerprint density at radius 1 is 1.06 bits per heavy atom. The maximum absolute atomic E-state index is 14.8. The molecule has 0 saturated heterocycles. The maximum atomic E-state index is 14.8. The van der Waals surface area contributed by atoms with Gasteiger partial charge in [0.1, 0.15) is 0 Å². The number of carbonyl (C=O) groups excluding carboxylic acids is 1. The summed E-state index contributed by atoms with van der Waals surface area (Å²) in [6, 6.07) is 13.5. The zero-order valence-corrected chi connectivity index (χ0v) is 19.5. The van der Waals surface area contributed by atoms with E-state index in [1.54, 1.807) is 31.3 Å². The molecule has 0 aliphatic carbocycles. The predicted octanol–water partition coefficient (Wildman–Crippen LogP) is 6.25. The first-order chi connectivity index (χ1) is 17.1. The second-order valence-electron chi connectivity index (χ2n) is 8.16. The van der Waals surface area contributed by atoms with Crippen LogP contribution in [0.1, 0.15) is 34.6 Å². The fourth-order valence-corrected chi connectivity index (χ4v) is 4.86. The topological polar surface area (TPSA) is 64.0 Å².